The number of rotatable bonds is 6. The highest BCUT2D eigenvalue weighted by molar-refractivity contribution is 5.21. The van der Waals surface area contributed by atoms with E-state index >= 15 is 0 Å². The molecule has 0 saturated carbocycles. The van der Waals surface area contributed by atoms with Crippen LogP contribution >= 0.6 is 0 Å². The molecular formula is C11H16F3N3O. The van der Waals surface area contributed by atoms with Gasteiger partial charge in [-0.1, -0.05) is 6.92 Å². The average Bonchev–Trinajstić information content (AvgIpc) is 2.33. The molecule has 7 heteroatoms. The lowest BCUT2D eigenvalue weighted by Crippen LogP contribution is -2.24. The van der Waals surface area contributed by atoms with Crippen molar-refractivity contribution in [3.8, 4) is 5.88 Å². The number of aromatic nitrogens is 2. The van der Waals surface area contributed by atoms with Gasteiger partial charge in [-0.2, -0.15) is 13.2 Å². The number of halogens is 3. The summed E-state index contributed by atoms with van der Waals surface area (Å²) in [6, 6.07) is -0.514. The standard InChI is InChI=1S/C11H16F3N3O/c1-3-15-8(4-5-11(12,13)14)9-10(18-2)17-7-6-16-9/h6-8,15H,3-5H2,1-2H3. The third-order valence-electron chi connectivity index (χ3n) is 2.38. The maximum atomic E-state index is 12.3. The van der Waals surface area contributed by atoms with E-state index < -0.39 is 18.6 Å². The molecule has 0 saturated heterocycles. The third kappa shape index (κ3) is 4.48. The molecule has 0 bridgehead atoms. The molecule has 1 atom stereocenters. The van der Waals surface area contributed by atoms with E-state index in [-0.39, 0.29) is 12.3 Å². The Morgan fingerprint density at radius 1 is 1.33 bits per heavy atom. The Bertz CT molecular complexity index is 371. The summed E-state index contributed by atoms with van der Waals surface area (Å²) < 4.78 is 41.8. The minimum absolute atomic E-state index is 0.0909. The van der Waals surface area contributed by atoms with Crippen molar-refractivity contribution in [2.45, 2.75) is 32.0 Å². The van der Waals surface area contributed by atoms with Crippen molar-refractivity contribution in [3.05, 3.63) is 18.1 Å². The van der Waals surface area contributed by atoms with Crippen LogP contribution in [-0.2, 0) is 0 Å². The maximum Gasteiger partial charge on any atom is 0.389 e. The Balaban J connectivity index is 2.83. The number of nitrogens with zero attached hydrogens (tertiary/aromatic N) is 2. The van der Waals surface area contributed by atoms with Gasteiger partial charge in [-0.25, -0.2) is 4.98 Å². The van der Waals surface area contributed by atoms with Crippen molar-refractivity contribution < 1.29 is 17.9 Å². The van der Waals surface area contributed by atoms with E-state index in [9.17, 15) is 13.2 Å². The van der Waals surface area contributed by atoms with E-state index in [1.165, 1.54) is 19.5 Å². The normalized spacial score (nSPS) is 13.4. The lowest BCUT2D eigenvalue weighted by Gasteiger charge is -2.19. The lowest BCUT2D eigenvalue weighted by atomic mass is 10.1. The van der Waals surface area contributed by atoms with Gasteiger partial charge in [-0.3, -0.25) is 4.98 Å². The number of hydrogen-bond acceptors (Lipinski definition) is 4. The molecule has 1 heterocycles. The fourth-order valence-electron chi connectivity index (χ4n) is 1.62. The molecule has 0 spiro atoms. The molecule has 1 rings (SSSR count). The van der Waals surface area contributed by atoms with Crippen molar-refractivity contribution in [2.24, 2.45) is 0 Å². The van der Waals surface area contributed by atoms with Gasteiger partial charge in [0.15, 0.2) is 0 Å². The molecule has 1 aromatic heterocycles. The summed E-state index contributed by atoms with van der Waals surface area (Å²) >= 11 is 0. The summed E-state index contributed by atoms with van der Waals surface area (Å²) in [5.41, 5.74) is 0.408. The lowest BCUT2D eigenvalue weighted by molar-refractivity contribution is -0.136. The molecule has 18 heavy (non-hydrogen) atoms. The summed E-state index contributed by atoms with van der Waals surface area (Å²) in [4.78, 5) is 7.99. The Morgan fingerprint density at radius 2 is 2.00 bits per heavy atom. The first-order chi connectivity index (χ1) is 8.48. The molecule has 0 aliphatic carbocycles. The summed E-state index contributed by atoms with van der Waals surface area (Å²) in [6.07, 6.45) is -2.26. The van der Waals surface area contributed by atoms with Gasteiger partial charge in [-0.15, -0.1) is 0 Å². The Labute approximate surface area is 104 Å². The van der Waals surface area contributed by atoms with Crippen LogP contribution in [0.4, 0.5) is 13.2 Å². The van der Waals surface area contributed by atoms with Crippen LogP contribution in [0.15, 0.2) is 12.4 Å². The molecule has 1 aromatic rings. The zero-order chi connectivity index (χ0) is 13.6. The van der Waals surface area contributed by atoms with E-state index in [1.807, 2.05) is 6.92 Å². The van der Waals surface area contributed by atoms with Crippen LogP contribution in [0.3, 0.4) is 0 Å². The van der Waals surface area contributed by atoms with Gasteiger partial charge in [0.05, 0.1) is 13.2 Å². The second-order valence-corrected chi connectivity index (χ2v) is 3.71. The molecule has 1 unspecified atom stereocenters. The summed E-state index contributed by atoms with van der Waals surface area (Å²) in [7, 11) is 1.42. The van der Waals surface area contributed by atoms with Crippen LogP contribution in [0.25, 0.3) is 0 Å². The zero-order valence-corrected chi connectivity index (χ0v) is 10.3. The largest absolute Gasteiger partial charge is 0.480 e. The van der Waals surface area contributed by atoms with E-state index in [4.69, 9.17) is 4.74 Å². The molecule has 0 aliphatic rings. The number of hydrogen-bond donors (Lipinski definition) is 1. The first kappa shape index (κ1) is 14.7. The topological polar surface area (TPSA) is 47.0 Å². The second kappa shape index (κ2) is 6.53. The summed E-state index contributed by atoms with van der Waals surface area (Å²) in [5.74, 6) is 0.255. The van der Waals surface area contributed by atoms with Crippen molar-refractivity contribution in [3.63, 3.8) is 0 Å². The maximum absolute atomic E-state index is 12.3. The average molecular weight is 263 g/mol. The predicted octanol–water partition coefficient (Wildman–Crippen LogP) is 2.48. The Morgan fingerprint density at radius 3 is 2.56 bits per heavy atom. The predicted molar refractivity (Wildman–Crippen MR) is 60.3 cm³/mol. The molecule has 0 aromatic carbocycles. The van der Waals surface area contributed by atoms with E-state index in [2.05, 4.69) is 15.3 Å². The molecular weight excluding hydrogens is 247 g/mol. The molecule has 0 radical (unpaired) electrons. The first-order valence-corrected chi connectivity index (χ1v) is 5.63. The van der Waals surface area contributed by atoms with E-state index in [0.717, 1.165) is 0 Å². The number of methoxy groups -OCH3 is 1. The van der Waals surface area contributed by atoms with Crippen LogP contribution in [0.1, 0.15) is 31.5 Å². The monoisotopic (exact) mass is 263 g/mol. The Kier molecular flexibility index (Phi) is 5.33. The Hall–Kier alpha value is -1.37. The van der Waals surface area contributed by atoms with Crippen molar-refractivity contribution in [2.75, 3.05) is 13.7 Å². The summed E-state index contributed by atoms with van der Waals surface area (Å²) in [5, 5.41) is 2.96. The molecule has 0 aliphatic heterocycles. The zero-order valence-electron chi connectivity index (χ0n) is 10.3. The van der Waals surface area contributed by atoms with Crippen molar-refractivity contribution >= 4 is 0 Å². The fourth-order valence-corrected chi connectivity index (χ4v) is 1.62. The van der Waals surface area contributed by atoms with E-state index in [1.54, 1.807) is 0 Å². The smallest absolute Gasteiger partial charge is 0.389 e. The summed E-state index contributed by atoms with van der Waals surface area (Å²) in [6.45, 7) is 2.37. The quantitative estimate of drug-likeness (QED) is 0.856. The van der Waals surface area contributed by atoms with Crippen LogP contribution in [0.5, 0.6) is 5.88 Å². The molecule has 1 N–H and O–H groups in total. The van der Waals surface area contributed by atoms with Crippen LogP contribution < -0.4 is 10.1 Å². The van der Waals surface area contributed by atoms with Gasteiger partial charge in [0.2, 0.25) is 5.88 Å². The number of ether oxygens (including phenoxy) is 1. The van der Waals surface area contributed by atoms with Gasteiger partial charge in [0, 0.05) is 18.8 Å². The molecule has 4 nitrogen and oxygen atoms in total. The number of nitrogens with one attached hydrogen (secondary N) is 1. The highest BCUT2D eigenvalue weighted by Crippen LogP contribution is 2.29. The van der Waals surface area contributed by atoms with Gasteiger partial charge in [0.1, 0.15) is 5.69 Å². The molecule has 0 amide bonds. The minimum atomic E-state index is -4.18. The molecule has 0 fully saturated rings. The van der Waals surface area contributed by atoms with E-state index in [0.29, 0.717) is 12.2 Å². The van der Waals surface area contributed by atoms with Gasteiger partial charge in [0.25, 0.3) is 0 Å². The highest BCUT2D eigenvalue weighted by Gasteiger charge is 2.29. The van der Waals surface area contributed by atoms with Crippen molar-refractivity contribution in [1.29, 1.82) is 0 Å². The van der Waals surface area contributed by atoms with Crippen LogP contribution in [-0.4, -0.2) is 29.8 Å². The fraction of sp³-hybridized carbons (Fsp3) is 0.636. The number of alkyl halides is 3. The second-order valence-electron chi connectivity index (χ2n) is 3.71. The van der Waals surface area contributed by atoms with Crippen molar-refractivity contribution in [1.82, 2.24) is 15.3 Å². The van der Waals surface area contributed by atoms with Gasteiger partial charge >= 0.3 is 6.18 Å². The SMILES string of the molecule is CCNC(CCC(F)(F)F)c1nccnc1OC. The molecule has 102 valence electrons. The first-order valence-electron chi connectivity index (χ1n) is 5.63. The van der Waals surface area contributed by atoms with Crippen LogP contribution in [0, 0.1) is 0 Å². The van der Waals surface area contributed by atoms with Gasteiger partial charge in [-0.05, 0) is 13.0 Å². The minimum Gasteiger partial charge on any atom is -0.480 e. The van der Waals surface area contributed by atoms with Gasteiger partial charge < -0.3 is 10.1 Å². The highest BCUT2D eigenvalue weighted by atomic mass is 19.4. The third-order valence-corrected chi connectivity index (χ3v) is 2.38. The van der Waals surface area contributed by atoms with Crippen LogP contribution in [0.2, 0.25) is 0 Å².